The number of fused-ring (bicyclic) bond motifs is 2. The molecule has 0 spiro atoms. The van der Waals surface area contributed by atoms with Crippen molar-refractivity contribution in [2.45, 2.75) is 6.61 Å². The maximum absolute atomic E-state index is 13.4. The molecular formula is C30H22ClN3O5. The fraction of sp³-hybridized carbons (Fsp3) is 0.100. The van der Waals surface area contributed by atoms with Gasteiger partial charge in [-0.15, -0.1) is 0 Å². The molecule has 39 heavy (non-hydrogen) atoms. The Bertz CT molecular complexity index is 1770. The molecule has 6 rings (SSSR count). The highest BCUT2D eigenvalue weighted by atomic mass is 35.5. The van der Waals surface area contributed by atoms with Crippen LogP contribution in [0.3, 0.4) is 0 Å². The number of benzene rings is 4. The molecule has 5 aromatic rings. The van der Waals surface area contributed by atoms with Crippen LogP contribution in [0.15, 0.2) is 94.8 Å². The van der Waals surface area contributed by atoms with Crippen molar-refractivity contribution in [3.63, 3.8) is 0 Å². The van der Waals surface area contributed by atoms with E-state index in [2.05, 4.69) is 5.10 Å². The van der Waals surface area contributed by atoms with Gasteiger partial charge in [-0.3, -0.25) is 4.79 Å². The molecule has 9 heteroatoms. The monoisotopic (exact) mass is 539 g/mol. The third-order valence-electron chi connectivity index (χ3n) is 6.18. The second-order valence-electron chi connectivity index (χ2n) is 8.69. The first-order chi connectivity index (χ1) is 19.1. The average Bonchev–Trinajstić information content (AvgIpc) is 3.44. The van der Waals surface area contributed by atoms with E-state index in [0.29, 0.717) is 50.3 Å². The zero-order valence-electron chi connectivity index (χ0n) is 20.8. The summed E-state index contributed by atoms with van der Waals surface area (Å²) in [6.45, 7) is 0.454. The van der Waals surface area contributed by atoms with E-state index in [9.17, 15) is 4.79 Å². The molecule has 2 heterocycles. The molecule has 0 aliphatic carbocycles. The van der Waals surface area contributed by atoms with Crippen molar-refractivity contribution in [3.05, 3.63) is 111 Å². The van der Waals surface area contributed by atoms with Crippen LogP contribution in [0.4, 0.5) is 0 Å². The lowest BCUT2D eigenvalue weighted by molar-refractivity contribution is 0.174. The van der Waals surface area contributed by atoms with Crippen molar-refractivity contribution in [2.75, 3.05) is 13.9 Å². The molecule has 0 radical (unpaired) electrons. The highest BCUT2D eigenvalue weighted by Gasteiger charge is 2.16. The Kier molecular flexibility index (Phi) is 6.61. The second kappa shape index (κ2) is 10.5. The number of para-hydroxylation sites is 1. The molecule has 0 amide bonds. The number of hydrogen-bond acceptors (Lipinski definition) is 7. The molecule has 4 aromatic carbocycles. The number of hydrogen-bond donors (Lipinski definition) is 0. The van der Waals surface area contributed by atoms with E-state index in [1.54, 1.807) is 30.5 Å². The fourth-order valence-corrected chi connectivity index (χ4v) is 4.54. The predicted molar refractivity (Wildman–Crippen MR) is 149 cm³/mol. The van der Waals surface area contributed by atoms with E-state index in [4.69, 9.17) is 35.5 Å². The zero-order valence-corrected chi connectivity index (χ0v) is 21.6. The summed E-state index contributed by atoms with van der Waals surface area (Å²) in [5, 5.41) is 5.32. The van der Waals surface area contributed by atoms with E-state index in [1.807, 2.05) is 60.7 Å². The Labute approximate surface area is 228 Å². The van der Waals surface area contributed by atoms with E-state index < -0.39 is 0 Å². The van der Waals surface area contributed by atoms with Gasteiger partial charge in [-0.2, -0.15) is 9.78 Å². The summed E-state index contributed by atoms with van der Waals surface area (Å²) in [7, 11) is 1.53. The Morgan fingerprint density at radius 2 is 1.79 bits per heavy atom. The number of rotatable bonds is 7. The SMILES string of the molecule is COc1cc(C=Nn2c(-c3ccccc3)nc3ccccc3c2=O)cc(Cl)c1OCc1ccc2c(c1)OCO2. The van der Waals surface area contributed by atoms with Crippen LogP contribution >= 0.6 is 11.6 Å². The molecule has 1 aromatic heterocycles. The van der Waals surface area contributed by atoms with E-state index in [1.165, 1.54) is 11.8 Å². The minimum Gasteiger partial charge on any atom is -0.493 e. The molecule has 0 atom stereocenters. The minimum atomic E-state index is -0.280. The molecule has 0 N–H and O–H groups in total. The van der Waals surface area contributed by atoms with Gasteiger partial charge in [0.15, 0.2) is 28.8 Å². The molecule has 0 bridgehead atoms. The van der Waals surface area contributed by atoms with Gasteiger partial charge in [0, 0.05) is 5.56 Å². The third kappa shape index (κ3) is 4.89. The number of methoxy groups -OCH3 is 1. The lowest BCUT2D eigenvalue weighted by Crippen LogP contribution is -2.20. The first kappa shape index (κ1) is 24.5. The van der Waals surface area contributed by atoms with Gasteiger partial charge in [0.1, 0.15) is 6.61 Å². The maximum atomic E-state index is 13.4. The van der Waals surface area contributed by atoms with Crippen molar-refractivity contribution in [3.8, 4) is 34.4 Å². The highest BCUT2D eigenvalue weighted by molar-refractivity contribution is 6.32. The van der Waals surface area contributed by atoms with Crippen molar-refractivity contribution in [2.24, 2.45) is 5.10 Å². The van der Waals surface area contributed by atoms with Crippen LogP contribution < -0.4 is 24.5 Å². The molecule has 0 fully saturated rings. The Balaban J connectivity index is 1.33. The molecule has 8 nitrogen and oxygen atoms in total. The van der Waals surface area contributed by atoms with Gasteiger partial charge in [-0.05, 0) is 47.5 Å². The summed E-state index contributed by atoms with van der Waals surface area (Å²) in [5.74, 6) is 2.63. The summed E-state index contributed by atoms with van der Waals surface area (Å²) in [6, 6.07) is 25.7. The van der Waals surface area contributed by atoms with E-state index >= 15 is 0 Å². The van der Waals surface area contributed by atoms with Crippen LogP contribution in [-0.2, 0) is 6.61 Å². The van der Waals surface area contributed by atoms with E-state index in [0.717, 1.165) is 11.1 Å². The zero-order chi connectivity index (χ0) is 26.8. The molecule has 0 unspecified atom stereocenters. The van der Waals surface area contributed by atoms with Crippen LogP contribution in [0, 0.1) is 0 Å². The summed E-state index contributed by atoms with van der Waals surface area (Å²) in [6.07, 6.45) is 1.54. The lowest BCUT2D eigenvalue weighted by atomic mass is 10.2. The van der Waals surface area contributed by atoms with E-state index in [-0.39, 0.29) is 19.0 Å². The molecule has 194 valence electrons. The third-order valence-corrected chi connectivity index (χ3v) is 6.46. The first-order valence-electron chi connectivity index (χ1n) is 12.1. The quantitative estimate of drug-likeness (QED) is 0.239. The minimum absolute atomic E-state index is 0.205. The molecule has 0 saturated carbocycles. The highest BCUT2D eigenvalue weighted by Crippen LogP contribution is 2.38. The standard InChI is InChI=1S/C30H22ClN3O5/c1-36-27-15-20(13-23(31)28(27)37-17-19-11-12-25-26(14-19)39-18-38-25)16-32-34-29(21-7-3-2-4-8-21)33-24-10-6-5-9-22(24)30(34)35/h2-16H,17-18H2,1H3. The largest absolute Gasteiger partial charge is 0.493 e. The topological polar surface area (TPSA) is 84.2 Å². The molecule has 1 aliphatic rings. The van der Waals surface area contributed by atoms with Gasteiger partial charge >= 0.3 is 0 Å². The van der Waals surface area contributed by atoms with Gasteiger partial charge in [-0.25, -0.2) is 4.98 Å². The van der Waals surface area contributed by atoms with Gasteiger partial charge in [0.25, 0.3) is 5.56 Å². The van der Waals surface area contributed by atoms with Crippen LogP contribution in [0.1, 0.15) is 11.1 Å². The van der Waals surface area contributed by atoms with Crippen LogP contribution in [-0.4, -0.2) is 29.8 Å². The number of ether oxygens (including phenoxy) is 4. The predicted octanol–water partition coefficient (Wildman–Crippen LogP) is 5.92. The Morgan fingerprint density at radius 3 is 2.64 bits per heavy atom. The summed E-state index contributed by atoms with van der Waals surface area (Å²) >= 11 is 6.60. The first-order valence-corrected chi connectivity index (χ1v) is 12.5. The maximum Gasteiger partial charge on any atom is 0.282 e. The number of nitrogens with zero attached hydrogens (tertiary/aromatic N) is 3. The van der Waals surface area contributed by atoms with Gasteiger partial charge in [-0.1, -0.05) is 60.1 Å². The van der Waals surface area contributed by atoms with Crippen LogP contribution in [0.25, 0.3) is 22.3 Å². The van der Waals surface area contributed by atoms with Crippen molar-refractivity contribution < 1.29 is 18.9 Å². The van der Waals surface area contributed by atoms with Gasteiger partial charge < -0.3 is 18.9 Å². The summed E-state index contributed by atoms with van der Waals surface area (Å²) in [5.41, 5.74) is 2.59. The molecule has 0 saturated heterocycles. The molecule has 1 aliphatic heterocycles. The van der Waals surface area contributed by atoms with Crippen molar-refractivity contribution in [1.82, 2.24) is 9.66 Å². The smallest absolute Gasteiger partial charge is 0.282 e. The van der Waals surface area contributed by atoms with Gasteiger partial charge in [0.05, 0.1) is 29.2 Å². The lowest BCUT2D eigenvalue weighted by Gasteiger charge is -2.14. The van der Waals surface area contributed by atoms with Crippen molar-refractivity contribution in [1.29, 1.82) is 0 Å². The van der Waals surface area contributed by atoms with Crippen LogP contribution in [0.2, 0.25) is 5.02 Å². The normalized spacial score (nSPS) is 12.3. The Hall–Kier alpha value is -4.82. The number of halogens is 1. The fourth-order valence-electron chi connectivity index (χ4n) is 4.27. The second-order valence-corrected chi connectivity index (χ2v) is 9.10. The summed E-state index contributed by atoms with van der Waals surface area (Å²) in [4.78, 5) is 18.1. The van der Waals surface area contributed by atoms with Crippen molar-refractivity contribution >= 4 is 28.7 Å². The summed E-state index contributed by atoms with van der Waals surface area (Å²) < 4.78 is 23.7. The Morgan fingerprint density at radius 1 is 1.00 bits per heavy atom. The van der Waals surface area contributed by atoms with Gasteiger partial charge in [0.2, 0.25) is 6.79 Å². The number of aromatic nitrogens is 2. The molecular weight excluding hydrogens is 518 g/mol. The average molecular weight is 540 g/mol. The van der Waals surface area contributed by atoms with Crippen LogP contribution in [0.5, 0.6) is 23.0 Å².